The zero-order valence-corrected chi connectivity index (χ0v) is 13.9. The van der Waals surface area contributed by atoms with Crippen molar-refractivity contribution in [1.82, 2.24) is 14.8 Å². The van der Waals surface area contributed by atoms with Gasteiger partial charge in [-0.3, -0.25) is 4.79 Å². The normalized spacial score (nSPS) is 11.2. The zero-order chi connectivity index (χ0) is 15.5. The topological polar surface area (TPSA) is 59.8 Å². The van der Waals surface area contributed by atoms with Gasteiger partial charge in [0.1, 0.15) is 5.82 Å². The van der Waals surface area contributed by atoms with E-state index in [9.17, 15) is 4.79 Å². The molecule has 114 valence electrons. The maximum atomic E-state index is 12.1. The van der Waals surface area contributed by atoms with E-state index < -0.39 is 0 Å². The van der Waals surface area contributed by atoms with Crippen LogP contribution in [0.3, 0.4) is 0 Å². The summed E-state index contributed by atoms with van der Waals surface area (Å²) < 4.78 is 3.84. The van der Waals surface area contributed by atoms with Crippen LogP contribution < -0.4 is 5.32 Å². The number of amides is 1. The van der Waals surface area contributed by atoms with Gasteiger partial charge >= 0.3 is 0 Å². The Morgan fingerprint density at radius 2 is 2.18 bits per heavy atom. The van der Waals surface area contributed by atoms with Crippen LogP contribution in [0.5, 0.6) is 0 Å². The van der Waals surface area contributed by atoms with E-state index in [-0.39, 0.29) is 11.9 Å². The Kier molecular flexibility index (Phi) is 4.44. The van der Waals surface area contributed by atoms with E-state index in [1.807, 2.05) is 38.1 Å². The third-order valence-electron chi connectivity index (χ3n) is 3.03. The average Bonchev–Trinajstić information content (AvgIpc) is 3.10. The van der Waals surface area contributed by atoms with E-state index >= 15 is 0 Å². The van der Waals surface area contributed by atoms with Crippen molar-refractivity contribution in [3.05, 3.63) is 36.5 Å². The molecule has 0 radical (unpaired) electrons. The predicted octanol–water partition coefficient (Wildman–Crippen LogP) is 3.80. The second-order valence-corrected chi connectivity index (χ2v) is 7.29. The number of aromatic nitrogens is 3. The van der Waals surface area contributed by atoms with Crippen molar-refractivity contribution in [1.29, 1.82) is 0 Å². The number of benzene rings is 1. The van der Waals surface area contributed by atoms with Gasteiger partial charge in [0.25, 0.3) is 0 Å². The van der Waals surface area contributed by atoms with Crippen molar-refractivity contribution >= 4 is 45.0 Å². The van der Waals surface area contributed by atoms with Gasteiger partial charge in [-0.25, -0.2) is 9.67 Å². The summed E-state index contributed by atoms with van der Waals surface area (Å²) in [7, 11) is 0. The Morgan fingerprint density at radius 3 is 2.95 bits per heavy atom. The number of hydrogen-bond donors (Lipinski definition) is 1. The molecule has 1 aromatic carbocycles. The molecular formula is C15H16N4OS2. The number of rotatable bonds is 5. The molecule has 5 nitrogen and oxygen atoms in total. The van der Waals surface area contributed by atoms with Gasteiger partial charge in [-0.05, 0) is 26.0 Å². The van der Waals surface area contributed by atoms with Gasteiger partial charge in [0.05, 0.1) is 22.2 Å². The molecule has 0 spiro atoms. The molecule has 0 atom stereocenters. The van der Waals surface area contributed by atoms with E-state index in [2.05, 4.69) is 15.4 Å². The summed E-state index contributed by atoms with van der Waals surface area (Å²) in [6.07, 6.45) is 1.69. The minimum Gasteiger partial charge on any atom is -0.310 e. The summed E-state index contributed by atoms with van der Waals surface area (Å²) in [5, 5.41) is 7.09. The Balaban J connectivity index is 1.61. The second kappa shape index (κ2) is 6.50. The van der Waals surface area contributed by atoms with Crippen LogP contribution in [0.4, 0.5) is 5.82 Å². The monoisotopic (exact) mass is 332 g/mol. The number of fused-ring (bicyclic) bond motifs is 1. The highest BCUT2D eigenvalue weighted by atomic mass is 32.2. The van der Waals surface area contributed by atoms with Crippen LogP contribution >= 0.6 is 23.1 Å². The molecule has 0 bridgehead atoms. The average molecular weight is 332 g/mol. The van der Waals surface area contributed by atoms with Gasteiger partial charge < -0.3 is 5.32 Å². The van der Waals surface area contributed by atoms with Gasteiger partial charge in [0, 0.05) is 12.1 Å². The summed E-state index contributed by atoms with van der Waals surface area (Å²) in [6, 6.07) is 10.0. The zero-order valence-electron chi connectivity index (χ0n) is 12.3. The lowest BCUT2D eigenvalue weighted by atomic mass is 10.3. The molecule has 0 aliphatic heterocycles. The van der Waals surface area contributed by atoms with E-state index in [0.717, 1.165) is 20.4 Å². The minimum absolute atomic E-state index is 0.0494. The standard InChI is InChI=1S/C15H16N4OS2/c1-10(2)19-13(7-8-16-19)18-14(20)9-21-15-17-11-5-3-4-6-12(11)22-15/h3-8,10H,9H2,1-2H3,(H,18,20). The van der Waals surface area contributed by atoms with Gasteiger partial charge in [-0.1, -0.05) is 23.9 Å². The van der Waals surface area contributed by atoms with Crippen LogP contribution in [0.1, 0.15) is 19.9 Å². The first-order valence-corrected chi connectivity index (χ1v) is 8.75. The summed E-state index contributed by atoms with van der Waals surface area (Å²) in [5.74, 6) is 1.01. The number of para-hydroxylation sites is 1. The highest BCUT2D eigenvalue weighted by Crippen LogP contribution is 2.29. The van der Waals surface area contributed by atoms with Crippen molar-refractivity contribution in [2.75, 3.05) is 11.1 Å². The molecule has 3 rings (SSSR count). The first-order valence-electron chi connectivity index (χ1n) is 6.95. The van der Waals surface area contributed by atoms with Gasteiger partial charge in [0.2, 0.25) is 5.91 Å². The molecule has 3 aromatic rings. The van der Waals surface area contributed by atoms with E-state index in [4.69, 9.17) is 0 Å². The predicted molar refractivity (Wildman–Crippen MR) is 91.6 cm³/mol. The lowest BCUT2D eigenvalue weighted by Gasteiger charge is -2.11. The molecule has 0 aliphatic carbocycles. The Labute approximate surface area is 136 Å². The third-order valence-corrected chi connectivity index (χ3v) is 5.21. The number of thioether (sulfide) groups is 1. The smallest absolute Gasteiger partial charge is 0.235 e. The van der Waals surface area contributed by atoms with Crippen LogP contribution in [-0.4, -0.2) is 26.4 Å². The fourth-order valence-electron chi connectivity index (χ4n) is 2.04. The summed E-state index contributed by atoms with van der Waals surface area (Å²) in [5.41, 5.74) is 0.980. The van der Waals surface area contributed by atoms with Crippen LogP contribution in [0.25, 0.3) is 10.2 Å². The van der Waals surface area contributed by atoms with E-state index in [1.54, 1.807) is 28.3 Å². The molecule has 2 heterocycles. The maximum Gasteiger partial charge on any atom is 0.235 e. The van der Waals surface area contributed by atoms with Crippen molar-refractivity contribution in [2.45, 2.75) is 24.2 Å². The van der Waals surface area contributed by atoms with Crippen molar-refractivity contribution < 1.29 is 4.79 Å². The number of anilines is 1. The molecule has 0 unspecified atom stereocenters. The van der Waals surface area contributed by atoms with Crippen molar-refractivity contribution in [2.24, 2.45) is 0 Å². The number of thiazole rings is 1. The quantitative estimate of drug-likeness (QED) is 0.722. The molecule has 0 saturated carbocycles. The maximum absolute atomic E-state index is 12.1. The first-order chi connectivity index (χ1) is 10.6. The third kappa shape index (κ3) is 3.31. The first kappa shape index (κ1) is 15.1. The van der Waals surface area contributed by atoms with Crippen LogP contribution in [0, 0.1) is 0 Å². The molecule has 0 aliphatic rings. The molecular weight excluding hydrogens is 316 g/mol. The summed E-state index contributed by atoms with van der Waals surface area (Å²) in [6.45, 7) is 4.05. The van der Waals surface area contributed by atoms with Gasteiger partial charge in [-0.2, -0.15) is 5.10 Å². The Bertz CT molecular complexity index is 761. The second-order valence-electron chi connectivity index (χ2n) is 5.04. The van der Waals surface area contributed by atoms with Crippen molar-refractivity contribution in [3.8, 4) is 0 Å². The van der Waals surface area contributed by atoms with E-state index in [0.29, 0.717) is 5.75 Å². The molecule has 1 amide bonds. The molecule has 22 heavy (non-hydrogen) atoms. The highest BCUT2D eigenvalue weighted by molar-refractivity contribution is 8.01. The summed E-state index contributed by atoms with van der Waals surface area (Å²) in [4.78, 5) is 16.6. The minimum atomic E-state index is -0.0494. The molecule has 0 saturated heterocycles. The lowest BCUT2D eigenvalue weighted by molar-refractivity contribution is -0.113. The van der Waals surface area contributed by atoms with Crippen LogP contribution in [-0.2, 0) is 4.79 Å². The van der Waals surface area contributed by atoms with E-state index in [1.165, 1.54) is 11.8 Å². The summed E-state index contributed by atoms with van der Waals surface area (Å²) >= 11 is 3.07. The number of nitrogens with zero attached hydrogens (tertiary/aromatic N) is 3. The van der Waals surface area contributed by atoms with Crippen LogP contribution in [0.15, 0.2) is 40.9 Å². The molecule has 0 fully saturated rings. The van der Waals surface area contributed by atoms with Crippen LogP contribution in [0.2, 0.25) is 0 Å². The Hall–Kier alpha value is -1.86. The van der Waals surface area contributed by atoms with Gasteiger partial charge in [-0.15, -0.1) is 11.3 Å². The highest BCUT2D eigenvalue weighted by Gasteiger charge is 2.11. The number of carbonyl (C=O) groups excluding carboxylic acids is 1. The van der Waals surface area contributed by atoms with Gasteiger partial charge in [0.15, 0.2) is 4.34 Å². The lowest BCUT2D eigenvalue weighted by Crippen LogP contribution is -2.18. The van der Waals surface area contributed by atoms with Crippen molar-refractivity contribution in [3.63, 3.8) is 0 Å². The molecule has 2 aromatic heterocycles. The largest absolute Gasteiger partial charge is 0.310 e. The molecule has 1 N–H and O–H groups in total. The molecule has 7 heteroatoms. The fraction of sp³-hybridized carbons (Fsp3) is 0.267. The Morgan fingerprint density at radius 1 is 1.36 bits per heavy atom. The number of carbonyl (C=O) groups is 1. The SMILES string of the molecule is CC(C)n1nccc1NC(=O)CSc1nc2ccccc2s1. The number of nitrogens with one attached hydrogen (secondary N) is 1. The fourth-order valence-corrected chi connectivity index (χ4v) is 3.91. The number of hydrogen-bond acceptors (Lipinski definition) is 5.